The smallest absolute Gasteiger partial charge is 0.335 e. The summed E-state index contributed by atoms with van der Waals surface area (Å²) in [5, 5.41) is 37.9. The first-order chi connectivity index (χ1) is 14.6. The number of carbonyl (C=O) groups is 3. The second kappa shape index (κ2) is 8.32. The molecule has 2 aromatic carbocycles. The maximum atomic E-state index is 12.5. The minimum atomic E-state index is -1.37. The Morgan fingerprint density at radius 2 is 1.52 bits per heavy atom. The van der Waals surface area contributed by atoms with Gasteiger partial charge in [-0.25, -0.2) is 14.4 Å². The number of rotatable bonds is 6. The minimum Gasteiger partial charge on any atom is -0.510 e. The van der Waals surface area contributed by atoms with Crippen molar-refractivity contribution >= 4 is 40.3 Å². The second-order valence-electron chi connectivity index (χ2n) is 6.31. The number of benzene rings is 2. The molecule has 0 unspecified atom stereocenters. The van der Waals surface area contributed by atoms with Crippen LogP contribution in [-0.2, 0) is 4.79 Å². The average molecular weight is 425 g/mol. The number of carboxylic acids is 2. The number of aliphatic hydroxyl groups excluding tert-OH is 1. The summed E-state index contributed by atoms with van der Waals surface area (Å²) in [6.07, 6.45) is 0. The molecular weight excluding hydrogens is 410 g/mol. The molecule has 6 N–H and O–H groups in total. The largest absolute Gasteiger partial charge is 0.510 e. The quantitative estimate of drug-likeness (QED) is 0.198. The van der Waals surface area contributed by atoms with Gasteiger partial charge in [0.25, 0.3) is 5.91 Å². The summed E-state index contributed by atoms with van der Waals surface area (Å²) in [6.45, 7) is 1.19. The third-order valence-corrected chi connectivity index (χ3v) is 4.01. The molecule has 0 aliphatic carbocycles. The molecule has 31 heavy (non-hydrogen) atoms. The highest BCUT2D eigenvalue weighted by Crippen LogP contribution is 2.21. The predicted molar refractivity (Wildman–Crippen MR) is 108 cm³/mol. The number of fused-ring (bicyclic) bond motifs is 1. The van der Waals surface area contributed by atoms with E-state index in [2.05, 4.69) is 25.5 Å². The van der Waals surface area contributed by atoms with Crippen LogP contribution in [-0.4, -0.2) is 43.1 Å². The normalized spacial score (nSPS) is 12.0. The van der Waals surface area contributed by atoms with Crippen LogP contribution in [0, 0.1) is 0 Å². The third kappa shape index (κ3) is 4.82. The van der Waals surface area contributed by atoms with E-state index >= 15 is 0 Å². The van der Waals surface area contributed by atoms with Crippen molar-refractivity contribution in [1.82, 2.24) is 9.97 Å². The number of aromatic carboxylic acids is 2. The van der Waals surface area contributed by atoms with Crippen LogP contribution >= 0.6 is 0 Å². The molecule has 3 rings (SSSR count). The maximum absolute atomic E-state index is 12.5. The van der Waals surface area contributed by atoms with Crippen molar-refractivity contribution in [1.29, 1.82) is 0 Å². The SMILES string of the molecule is C/C(O)=C(\N=Nc1cc(C(=O)O)cc(C(=O)O)c1)C(=O)Nc1ccc2[nH]c(=O)[nH]c2c1. The fourth-order valence-corrected chi connectivity index (χ4v) is 2.61. The number of amides is 1. The Morgan fingerprint density at radius 1 is 0.903 bits per heavy atom. The lowest BCUT2D eigenvalue weighted by Crippen LogP contribution is -2.14. The van der Waals surface area contributed by atoms with E-state index < -0.39 is 35.0 Å². The molecule has 0 atom stereocenters. The topological polar surface area (TPSA) is 197 Å². The Balaban J connectivity index is 1.88. The standard InChI is InChI=1S/C19H15N5O7/c1-8(25)15(16(26)20-11-2-3-13-14(7-11)22-19(31)21-13)24-23-12-5-9(17(27)28)4-10(6-12)18(29)30/h2-7,25H,1H3,(H,20,26)(H,27,28)(H,29,30)(H2,21,22,31)/b15-8+,24-23?. The van der Waals surface area contributed by atoms with Gasteiger partial charge in [0.1, 0.15) is 5.76 Å². The van der Waals surface area contributed by atoms with Crippen LogP contribution < -0.4 is 11.0 Å². The number of nitrogens with one attached hydrogen (secondary N) is 3. The maximum Gasteiger partial charge on any atom is 0.335 e. The second-order valence-corrected chi connectivity index (χ2v) is 6.31. The van der Waals surface area contributed by atoms with Gasteiger partial charge in [-0.1, -0.05) is 0 Å². The van der Waals surface area contributed by atoms with Crippen molar-refractivity contribution in [2.75, 3.05) is 5.32 Å². The number of carbonyl (C=O) groups excluding carboxylic acids is 1. The number of hydrogen-bond acceptors (Lipinski definition) is 7. The number of imidazole rings is 1. The Hall–Kier alpha value is -4.74. The lowest BCUT2D eigenvalue weighted by molar-refractivity contribution is -0.113. The van der Waals surface area contributed by atoms with Crippen molar-refractivity contribution in [2.24, 2.45) is 10.2 Å². The minimum absolute atomic E-state index is 0.143. The molecule has 0 radical (unpaired) electrons. The van der Waals surface area contributed by atoms with Gasteiger partial charge in [-0.05, 0) is 43.3 Å². The number of anilines is 1. The number of carboxylic acid groups (broad SMARTS) is 2. The molecule has 12 nitrogen and oxygen atoms in total. The molecule has 0 fully saturated rings. The Bertz CT molecular complexity index is 1300. The van der Waals surface area contributed by atoms with E-state index in [1.54, 1.807) is 6.07 Å². The number of aliphatic hydroxyl groups is 1. The lowest BCUT2D eigenvalue weighted by Gasteiger charge is -2.06. The molecule has 0 spiro atoms. The van der Waals surface area contributed by atoms with Gasteiger partial charge in [0.15, 0.2) is 5.70 Å². The molecule has 0 bridgehead atoms. The van der Waals surface area contributed by atoms with Crippen LogP contribution in [0.5, 0.6) is 0 Å². The molecule has 0 aliphatic rings. The van der Waals surface area contributed by atoms with E-state index in [0.29, 0.717) is 16.7 Å². The summed E-state index contributed by atoms with van der Waals surface area (Å²) >= 11 is 0. The highest BCUT2D eigenvalue weighted by atomic mass is 16.4. The first kappa shape index (κ1) is 21.0. The van der Waals surface area contributed by atoms with Gasteiger partial charge in [0.2, 0.25) is 0 Å². The molecule has 0 saturated heterocycles. The van der Waals surface area contributed by atoms with Gasteiger partial charge in [-0.2, -0.15) is 5.11 Å². The third-order valence-electron chi connectivity index (χ3n) is 4.01. The Morgan fingerprint density at radius 3 is 2.10 bits per heavy atom. The van der Waals surface area contributed by atoms with Gasteiger partial charge in [0.05, 0.1) is 27.8 Å². The number of H-pyrrole nitrogens is 2. The molecule has 1 heterocycles. The van der Waals surface area contributed by atoms with Crippen LogP contribution in [0.3, 0.4) is 0 Å². The van der Waals surface area contributed by atoms with E-state index in [9.17, 15) is 24.3 Å². The van der Waals surface area contributed by atoms with Crippen molar-refractivity contribution in [3.8, 4) is 0 Å². The lowest BCUT2D eigenvalue weighted by atomic mass is 10.1. The van der Waals surface area contributed by atoms with Crippen LogP contribution in [0.1, 0.15) is 27.6 Å². The molecule has 0 saturated carbocycles. The van der Waals surface area contributed by atoms with Crippen LogP contribution in [0.15, 0.2) is 62.9 Å². The molecule has 0 aliphatic heterocycles. The molecule has 12 heteroatoms. The van der Waals surface area contributed by atoms with Crippen LogP contribution in [0.2, 0.25) is 0 Å². The van der Waals surface area contributed by atoms with Crippen LogP contribution in [0.25, 0.3) is 11.0 Å². The van der Waals surface area contributed by atoms with Gasteiger partial charge < -0.3 is 30.6 Å². The predicted octanol–water partition coefficient (Wildman–Crippen LogP) is 2.76. The van der Waals surface area contributed by atoms with Crippen molar-refractivity contribution in [3.05, 3.63) is 69.5 Å². The highest BCUT2D eigenvalue weighted by molar-refractivity contribution is 6.04. The van der Waals surface area contributed by atoms with E-state index in [1.165, 1.54) is 19.1 Å². The number of allylic oxidation sites excluding steroid dienone is 1. The van der Waals surface area contributed by atoms with Gasteiger partial charge in [-0.3, -0.25) is 4.79 Å². The summed E-state index contributed by atoms with van der Waals surface area (Å²) in [7, 11) is 0. The Kier molecular flexibility index (Phi) is 5.63. The zero-order chi connectivity index (χ0) is 22.7. The van der Waals surface area contributed by atoms with E-state index in [1.807, 2.05) is 0 Å². The molecule has 158 valence electrons. The fraction of sp³-hybridized carbons (Fsp3) is 0.0526. The fourth-order valence-electron chi connectivity index (χ4n) is 2.61. The van der Waals surface area contributed by atoms with Crippen molar-refractivity contribution in [2.45, 2.75) is 6.92 Å². The summed E-state index contributed by atoms with van der Waals surface area (Å²) in [5.74, 6) is -4.06. The monoisotopic (exact) mass is 425 g/mol. The molecule has 1 amide bonds. The van der Waals surface area contributed by atoms with Crippen molar-refractivity contribution < 1.29 is 29.7 Å². The van der Waals surface area contributed by atoms with Gasteiger partial charge in [-0.15, -0.1) is 5.11 Å². The zero-order valence-electron chi connectivity index (χ0n) is 15.8. The van der Waals surface area contributed by atoms with Gasteiger partial charge >= 0.3 is 17.6 Å². The number of azo groups is 1. The molecular formula is C19H15N5O7. The Labute approximate surface area is 172 Å². The molecule has 3 aromatic rings. The summed E-state index contributed by atoms with van der Waals surface area (Å²) in [5.41, 5.74) is -0.440. The van der Waals surface area contributed by atoms with Gasteiger partial charge in [0, 0.05) is 5.69 Å². The number of nitrogens with zero attached hydrogens (tertiary/aromatic N) is 2. The number of aromatic amines is 2. The van der Waals surface area contributed by atoms with E-state index in [0.717, 1.165) is 18.2 Å². The summed E-state index contributed by atoms with van der Waals surface area (Å²) in [4.78, 5) is 51.3. The summed E-state index contributed by atoms with van der Waals surface area (Å²) in [6, 6.07) is 7.65. The molecule has 1 aromatic heterocycles. The number of hydrogen-bond donors (Lipinski definition) is 6. The van der Waals surface area contributed by atoms with E-state index in [4.69, 9.17) is 10.2 Å². The number of aromatic nitrogens is 2. The zero-order valence-corrected chi connectivity index (χ0v) is 15.8. The summed E-state index contributed by atoms with van der Waals surface area (Å²) < 4.78 is 0. The first-order valence-electron chi connectivity index (χ1n) is 8.60. The first-order valence-corrected chi connectivity index (χ1v) is 8.60. The van der Waals surface area contributed by atoms with E-state index in [-0.39, 0.29) is 16.8 Å². The van der Waals surface area contributed by atoms with Crippen LogP contribution in [0.4, 0.5) is 11.4 Å². The highest BCUT2D eigenvalue weighted by Gasteiger charge is 2.15. The average Bonchev–Trinajstić information content (AvgIpc) is 3.06. The van der Waals surface area contributed by atoms with Crippen molar-refractivity contribution in [3.63, 3.8) is 0 Å².